The number of nitrogens with zero attached hydrogens (tertiary/aromatic N) is 1. The van der Waals surface area contributed by atoms with Gasteiger partial charge in [-0.15, -0.1) is 11.3 Å². The van der Waals surface area contributed by atoms with E-state index >= 15 is 0 Å². The molecule has 0 spiro atoms. The van der Waals surface area contributed by atoms with Crippen molar-refractivity contribution >= 4 is 23.3 Å². The Morgan fingerprint density at radius 3 is 3.06 bits per heavy atom. The Hall–Kier alpha value is -1.09. The SMILES string of the molecule is CCC1CCCCN1C(=O)/C(C)=C/c1cccs1. The lowest BCUT2D eigenvalue weighted by molar-refractivity contribution is -0.130. The molecule has 1 unspecified atom stereocenters. The second-order valence-electron chi connectivity index (χ2n) is 4.90. The molecule has 1 aliphatic heterocycles. The number of likely N-dealkylation sites (tertiary alicyclic amines) is 1. The Morgan fingerprint density at radius 1 is 1.56 bits per heavy atom. The van der Waals surface area contributed by atoms with Crippen molar-refractivity contribution in [2.75, 3.05) is 6.54 Å². The van der Waals surface area contributed by atoms with Gasteiger partial charge < -0.3 is 4.90 Å². The molecule has 1 atom stereocenters. The zero-order valence-corrected chi connectivity index (χ0v) is 12.0. The first-order chi connectivity index (χ1) is 8.72. The summed E-state index contributed by atoms with van der Waals surface area (Å²) in [6.07, 6.45) is 6.64. The van der Waals surface area contributed by atoms with Crippen LogP contribution >= 0.6 is 11.3 Å². The van der Waals surface area contributed by atoms with Crippen molar-refractivity contribution in [2.24, 2.45) is 0 Å². The Kier molecular flexibility index (Phi) is 4.59. The van der Waals surface area contributed by atoms with Gasteiger partial charge in [-0.2, -0.15) is 0 Å². The molecule has 0 N–H and O–H groups in total. The zero-order chi connectivity index (χ0) is 13.0. The van der Waals surface area contributed by atoms with Crippen LogP contribution in [0.4, 0.5) is 0 Å². The summed E-state index contributed by atoms with van der Waals surface area (Å²) in [5, 5.41) is 2.04. The van der Waals surface area contributed by atoms with Gasteiger partial charge in [0.05, 0.1) is 0 Å². The van der Waals surface area contributed by atoms with Crippen molar-refractivity contribution in [3.8, 4) is 0 Å². The van der Waals surface area contributed by atoms with Crippen molar-refractivity contribution in [3.05, 3.63) is 28.0 Å². The van der Waals surface area contributed by atoms with Crippen LogP contribution in [0.3, 0.4) is 0 Å². The van der Waals surface area contributed by atoms with Crippen molar-refractivity contribution in [2.45, 2.75) is 45.6 Å². The first-order valence-electron chi connectivity index (χ1n) is 6.75. The van der Waals surface area contributed by atoms with Gasteiger partial charge in [-0.25, -0.2) is 0 Å². The molecule has 98 valence electrons. The van der Waals surface area contributed by atoms with Gasteiger partial charge in [-0.3, -0.25) is 4.79 Å². The van der Waals surface area contributed by atoms with Crippen molar-refractivity contribution < 1.29 is 4.79 Å². The van der Waals surface area contributed by atoms with Gasteiger partial charge >= 0.3 is 0 Å². The van der Waals surface area contributed by atoms with Gasteiger partial charge in [0, 0.05) is 23.0 Å². The lowest BCUT2D eigenvalue weighted by Gasteiger charge is -2.35. The number of rotatable bonds is 3. The maximum absolute atomic E-state index is 12.5. The number of piperidine rings is 1. The van der Waals surface area contributed by atoms with Crippen LogP contribution in [0.5, 0.6) is 0 Å². The minimum atomic E-state index is 0.218. The first-order valence-corrected chi connectivity index (χ1v) is 7.63. The van der Waals surface area contributed by atoms with Crippen LogP contribution in [0.15, 0.2) is 23.1 Å². The summed E-state index contributed by atoms with van der Waals surface area (Å²) in [4.78, 5) is 15.7. The Labute approximate surface area is 113 Å². The highest BCUT2D eigenvalue weighted by Crippen LogP contribution is 2.22. The standard InChI is InChI=1S/C15H21NOS/c1-3-13-7-4-5-9-16(13)15(17)12(2)11-14-8-6-10-18-14/h6,8,10-11,13H,3-5,7,9H2,1-2H3/b12-11+. The van der Waals surface area contributed by atoms with Crippen LogP contribution in [0.2, 0.25) is 0 Å². The fraction of sp³-hybridized carbons (Fsp3) is 0.533. The van der Waals surface area contributed by atoms with Gasteiger partial charge in [0.2, 0.25) is 5.91 Å². The quantitative estimate of drug-likeness (QED) is 0.756. The molecule has 1 fully saturated rings. The normalized spacial score (nSPS) is 21.1. The molecule has 18 heavy (non-hydrogen) atoms. The van der Waals surface area contributed by atoms with Crippen LogP contribution in [-0.4, -0.2) is 23.4 Å². The highest BCUT2D eigenvalue weighted by atomic mass is 32.1. The van der Waals surface area contributed by atoms with Crippen LogP contribution < -0.4 is 0 Å². The highest BCUT2D eigenvalue weighted by molar-refractivity contribution is 7.10. The molecule has 0 aliphatic carbocycles. The second-order valence-corrected chi connectivity index (χ2v) is 5.88. The van der Waals surface area contributed by atoms with Crippen molar-refractivity contribution in [1.29, 1.82) is 0 Å². The smallest absolute Gasteiger partial charge is 0.249 e. The lowest BCUT2D eigenvalue weighted by atomic mass is 9.99. The molecule has 3 heteroatoms. The van der Waals surface area contributed by atoms with E-state index in [1.807, 2.05) is 24.4 Å². The molecule has 0 aromatic carbocycles. The third-order valence-electron chi connectivity index (χ3n) is 3.60. The summed E-state index contributed by atoms with van der Waals surface area (Å²) >= 11 is 1.67. The molecule has 1 amide bonds. The minimum absolute atomic E-state index is 0.218. The maximum atomic E-state index is 12.5. The monoisotopic (exact) mass is 263 g/mol. The van der Waals surface area contributed by atoms with Crippen molar-refractivity contribution in [3.63, 3.8) is 0 Å². The average Bonchev–Trinajstić information content (AvgIpc) is 2.90. The number of thiophene rings is 1. The minimum Gasteiger partial charge on any atom is -0.336 e. The van der Waals surface area contributed by atoms with Gasteiger partial charge in [0.1, 0.15) is 0 Å². The van der Waals surface area contributed by atoms with Crippen molar-refractivity contribution in [1.82, 2.24) is 4.90 Å². The predicted octanol–water partition coefficient (Wildman–Crippen LogP) is 3.94. The molecule has 2 heterocycles. The van der Waals surface area contributed by atoms with E-state index in [0.29, 0.717) is 6.04 Å². The van der Waals surface area contributed by atoms with Crippen LogP contribution in [0.1, 0.15) is 44.4 Å². The van der Waals surface area contributed by atoms with E-state index in [2.05, 4.69) is 17.9 Å². The molecular weight excluding hydrogens is 242 g/mol. The average molecular weight is 263 g/mol. The molecule has 0 bridgehead atoms. The molecule has 1 aromatic heterocycles. The number of carbonyl (C=O) groups excluding carboxylic acids is 1. The van der Waals surface area contributed by atoms with E-state index in [0.717, 1.165) is 36.3 Å². The lowest BCUT2D eigenvalue weighted by Crippen LogP contribution is -2.43. The van der Waals surface area contributed by atoms with E-state index < -0.39 is 0 Å². The van der Waals surface area contributed by atoms with Crippen LogP contribution in [-0.2, 0) is 4.79 Å². The highest BCUT2D eigenvalue weighted by Gasteiger charge is 2.25. The summed E-state index contributed by atoms with van der Waals surface area (Å²) < 4.78 is 0. The van der Waals surface area contributed by atoms with Gasteiger partial charge in [0.15, 0.2) is 0 Å². The molecule has 1 aliphatic rings. The van der Waals surface area contributed by atoms with E-state index in [1.165, 1.54) is 6.42 Å². The third kappa shape index (κ3) is 3.02. The summed E-state index contributed by atoms with van der Waals surface area (Å²) in [5.74, 6) is 0.218. The summed E-state index contributed by atoms with van der Waals surface area (Å²) in [5.41, 5.74) is 0.859. The molecule has 1 saturated heterocycles. The molecule has 2 nitrogen and oxygen atoms in total. The van der Waals surface area contributed by atoms with E-state index in [-0.39, 0.29) is 5.91 Å². The topological polar surface area (TPSA) is 20.3 Å². The van der Waals surface area contributed by atoms with Gasteiger partial charge in [-0.05, 0) is 50.1 Å². The molecule has 1 aromatic rings. The zero-order valence-electron chi connectivity index (χ0n) is 11.2. The predicted molar refractivity (Wildman–Crippen MR) is 77.6 cm³/mol. The van der Waals surface area contributed by atoms with Gasteiger partial charge in [0.25, 0.3) is 0 Å². The Bertz CT molecular complexity index is 422. The number of amides is 1. The molecule has 0 saturated carbocycles. The fourth-order valence-electron chi connectivity index (χ4n) is 2.57. The maximum Gasteiger partial charge on any atom is 0.249 e. The summed E-state index contributed by atoms with van der Waals surface area (Å²) in [6.45, 7) is 5.03. The largest absolute Gasteiger partial charge is 0.336 e. The fourth-order valence-corrected chi connectivity index (χ4v) is 3.28. The number of hydrogen-bond donors (Lipinski definition) is 0. The van der Waals surface area contributed by atoms with Crippen LogP contribution in [0.25, 0.3) is 6.08 Å². The molecule has 2 rings (SSSR count). The Morgan fingerprint density at radius 2 is 2.39 bits per heavy atom. The van der Waals surface area contributed by atoms with Gasteiger partial charge in [-0.1, -0.05) is 13.0 Å². The summed E-state index contributed by atoms with van der Waals surface area (Å²) in [7, 11) is 0. The first kappa shape index (κ1) is 13.3. The van der Waals surface area contributed by atoms with E-state index in [9.17, 15) is 4.79 Å². The molecule has 0 radical (unpaired) electrons. The third-order valence-corrected chi connectivity index (χ3v) is 4.42. The van der Waals surface area contributed by atoms with Crippen LogP contribution in [0, 0.1) is 0 Å². The Balaban J connectivity index is 2.10. The second kappa shape index (κ2) is 6.19. The molecular formula is C15H21NOS. The van der Waals surface area contributed by atoms with E-state index in [4.69, 9.17) is 0 Å². The van der Waals surface area contributed by atoms with E-state index in [1.54, 1.807) is 11.3 Å². The summed E-state index contributed by atoms with van der Waals surface area (Å²) in [6, 6.07) is 4.51. The number of hydrogen-bond acceptors (Lipinski definition) is 2. The number of carbonyl (C=O) groups is 1.